The van der Waals surface area contributed by atoms with Gasteiger partial charge in [-0.1, -0.05) is 18.2 Å². The molecule has 0 aliphatic rings. The van der Waals surface area contributed by atoms with Crippen LogP contribution >= 0.6 is 22.6 Å². The summed E-state index contributed by atoms with van der Waals surface area (Å²) in [4.78, 5) is 11.3. The maximum Gasteiger partial charge on any atom is 0.339 e. The third-order valence-corrected chi connectivity index (χ3v) is 4.45. The maximum absolute atomic E-state index is 12.2. The molecule has 0 aliphatic carbocycles. The highest BCUT2D eigenvalue weighted by Crippen LogP contribution is 2.21. The van der Waals surface area contributed by atoms with Crippen LogP contribution in [0.1, 0.15) is 17.3 Å². The fraction of sp³-hybridized carbons (Fsp3) is 0.0714. The van der Waals surface area contributed by atoms with E-state index in [4.69, 9.17) is 4.18 Å². The van der Waals surface area contributed by atoms with Crippen LogP contribution in [-0.4, -0.2) is 14.2 Å². The van der Waals surface area contributed by atoms with Gasteiger partial charge in [-0.25, -0.2) is 0 Å². The van der Waals surface area contributed by atoms with E-state index in [0.717, 1.165) is 3.57 Å². The predicted molar refractivity (Wildman–Crippen MR) is 83.4 cm³/mol. The summed E-state index contributed by atoms with van der Waals surface area (Å²) < 4.78 is 30.2. The molecule has 6 heteroatoms. The molecule has 0 bridgehead atoms. The first-order chi connectivity index (χ1) is 9.38. The number of Topliss-reactive ketones (excluding diaryl/α,β-unsaturated/α-hetero) is 1. The first-order valence-corrected chi connectivity index (χ1v) is 8.18. The Labute approximate surface area is 131 Å². The number of hydrogen-bond donors (Lipinski definition) is 0. The van der Waals surface area contributed by atoms with E-state index in [-0.39, 0.29) is 16.4 Å². The monoisotopic (exact) mass is 402 g/mol. The molecule has 0 saturated heterocycles. The Morgan fingerprint density at radius 2 is 1.80 bits per heavy atom. The molecule has 0 aromatic heterocycles. The SMILES string of the molecule is CC(=O)c1cccc(S(=O)(=O)Oc2cccc(I)c2)c1. The Bertz CT molecular complexity index is 753. The fourth-order valence-electron chi connectivity index (χ4n) is 1.56. The number of ketones is 1. The van der Waals surface area contributed by atoms with Gasteiger partial charge in [-0.2, -0.15) is 8.42 Å². The molecule has 0 unspecified atom stereocenters. The molecule has 0 heterocycles. The van der Waals surface area contributed by atoms with Crippen LogP contribution in [0.3, 0.4) is 0 Å². The summed E-state index contributed by atoms with van der Waals surface area (Å²) in [6.07, 6.45) is 0. The van der Waals surface area contributed by atoms with Crippen LogP contribution in [0, 0.1) is 3.57 Å². The Morgan fingerprint density at radius 1 is 1.10 bits per heavy atom. The molecule has 104 valence electrons. The van der Waals surface area contributed by atoms with Crippen molar-refractivity contribution in [3.63, 3.8) is 0 Å². The molecule has 20 heavy (non-hydrogen) atoms. The van der Waals surface area contributed by atoms with Crippen molar-refractivity contribution in [2.24, 2.45) is 0 Å². The second-order valence-corrected chi connectivity index (χ2v) is 6.87. The molecule has 2 aromatic rings. The third-order valence-electron chi connectivity index (χ3n) is 2.53. The molecular weight excluding hydrogens is 391 g/mol. The van der Waals surface area contributed by atoms with Gasteiger partial charge in [0.25, 0.3) is 0 Å². The standard InChI is InChI=1S/C14H11IO4S/c1-10(16)11-4-2-7-14(8-11)20(17,18)19-13-6-3-5-12(15)9-13/h2-9H,1H3. The summed E-state index contributed by atoms with van der Waals surface area (Å²) in [5.74, 6) is 0.0430. The zero-order valence-corrected chi connectivity index (χ0v) is 13.5. The second-order valence-electron chi connectivity index (χ2n) is 4.08. The van der Waals surface area contributed by atoms with E-state index in [1.54, 1.807) is 24.3 Å². The van der Waals surface area contributed by atoms with Gasteiger partial charge < -0.3 is 4.18 Å². The van der Waals surface area contributed by atoms with Crippen molar-refractivity contribution in [1.29, 1.82) is 0 Å². The fourth-order valence-corrected chi connectivity index (χ4v) is 3.05. The summed E-state index contributed by atoms with van der Waals surface area (Å²) in [5, 5.41) is 0. The van der Waals surface area contributed by atoms with Crippen molar-refractivity contribution in [2.75, 3.05) is 0 Å². The largest absolute Gasteiger partial charge is 0.379 e. The maximum atomic E-state index is 12.2. The first kappa shape index (κ1) is 15.0. The van der Waals surface area contributed by atoms with Gasteiger partial charge in [-0.05, 0) is 59.8 Å². The average Bonchev–Trinajstić information content (AvgIpc) is 2.38. The summed E-state index contributed by atoms with van der Waals surface area (Å²) in [6, 6.07) is 12.5. The topological polar surface area (TPSA) is 60.4 Å². The molecule has 0 spiro atoms. The summed E-state index contributed by atoms with van der Waals surface area (Å²) in [6.45, 7) is 1.38. The van der Waals surface area contributed by atoms with Gasteiger partial charge in [-0.15, -0.1) is 0 Å². The highest BCUT2D eigenvalue weighted by atomic mass is 127. The van der Waals surface area contributed by atoms with Crippen LogP contribution in [0.5, 0.6) is 5.75 Å². The van der Waals surface area contributed by atoms with Gasteiger partial charge in [0.1, 0.15) is 10.6 Å². The van der Waals surface area contributed by atoms with Crippen molar-refractivity contribution < 1.29 is 17.4 Å². The van der Waals surface area contributed by atoms with Gasteiger partial charge in [-0.3, -0.25) is 4.79 Å². The minimum atomic E-state index is -3.94. The highest BCUT2D eigenvalue weighted by molar-refractivity contribution is 14.1. The zero-order valence-electron chi connectivity index (χ0n) is 10.5. The lowest BCUT2D eigenvalue weighted by molar-refractivity contribution is 0.101. The summed E-state index contributed by atoms with van der Waals surface area (Å²) in [7, 11) is -3.94. The lowest BCUT2D eigenvalue weighted by atomic mass is 10.2. The third kappa shape index (κ3) is 3.57. The Hall–Kier alpha value is -1.41. The molecule has 0 aliphatic heterocycles. The van der Waals surface area contributed by atoms with Gasteiger partial charge in [0.2, 0.25) is 0 Å². The van der Waals surface area contributed by atoms with Crippen LogP contribution in [0.4, 0.5) is 0 Å². The van der Waals surface area contributed by atoms with Crippen molar-refractivity contribution in [2.45, 2.75) is 11.8 Å². The number of hydrogen-bond acceptors (Lipinski definition) is 4. The molecule has 0 fully saturated rings. The van der Waals surface area contributed by atoms with Gasteiger partial charge in [0, 0.05) is 9.13 Å². The van der Waals surface area contributed by atoms with E-state index in [1.165, 1.54) is 25.1 Å². The quantitative estimate of drug-likeness (QED) is 0.448. The number of rotatable bonds is 4. The minimum Gasteiger partial charge on any atom is -0.379 e. The molecule has 4 nitrogen and oxygen atoms in total. The molecule has 0 radical (unpaired) electrons. The molecular formula is C14H11IO4S. The van der Waals surface area contributed by atoms with Gasteiger partial charge in [0.05, 0.1) is 0 Å². The van der Waals surface area contributed by atoms with E-state index in [2.05, 4.69) is 22.6 Å². The summed E-state index contributed by atoms with van der Waals surface area (Å²) in [5.41, 5.74) is 0.331. The van der Waals surface area contributed by atoms with Crippen molar-refractivity contribution >= 4 is 38.5 Å². The van der Waals surface area contributed by atoms with Crippen molar-refractivity contribution in [1.82, 2.24) is 0 Å². The van der Waals surface area contributed by atoms with Crippen LogP contribution < -0.4 is 4.18 Å². The molecule has 0 saturated carbocycles. The van der Waals surface area contributed by atoms with Crippen LogP contribution in [0.2, 0.25) is 0 Å². The Morgan fingerprint density at radius 3 is 2.45 bits per heavy atom. The smallest absolute Gasteiger partial charge is 0.339 e. The van der Waals surface area contributed by atoms with E-state index >= 15 is 0 Å². The average molecular weight is 402 g/mol. The summed E-state index contributed by atoms with van der Waals surface area (Å²) >= 11 is 2.07. The van der Waals surface area contributed by atoms with Crippen LogP contribution in [0.25, 0.3) is 0 Å². The van der Waals surface area contributed by atoms with E-state index < -0.39 is 10.1 Å². The molecule has 2 aromatic carbocycles. The number of benzene rings is 2. The van der Waals surface area contributed by atoms with Crippen LogP contribution in [0.15, 0.2) is 53.4 Å². The van der Waals surface area contributed by atoms with E-state index in [0.29, 0.717) is 5.56 Å². The number of halogens is 1. The minimum absolute atomic E-state index is 0.0379. The molecule has 2 rings (SSSR count). The highest BCUT2D eigenvalue weighted by Gasteiger charge is 2.17. The van der Waals surface area contributed by atoms with Crippen molar-refractivity contribution in [3.8, 4) is 5.75 Å². The van der Waals surface area contributed by atoms with Crippen molar-refractivity contribution in [3.05, 3.63) is 57.7 Å². The second kappa shape index (κ2) is 5.92. The van der Waals surface area contributed by atoms with Gasteiger partial charge >= 0.3 is 10.1 Å². The molecule has 0 atom stereocenters. The van der Waals surface area contributed by atoms with E-state index in [1.807, 2.05) is 6.07 Å². The normalized spacial score (nSPS) is 11.1. The molecule has 0 N–H and O–H groups in total. The lowest BCUT2D eigenvalue weighted by Gasteiger charge is -2.08. The van der Waals surface area contributed by atoms with Crippen LogP contribution in [-0.2, 0) is 10.1 Å². The lowest BCUT2D eigenvalue weighted by Crippen LogP contribution is -2.10. The first-order valence-electron chi connectivity index (χ1n) is 5.69. The molecule has 0 amide bonds. The van der Waals surface area contributed by atoms with E-state index in [9.17, 15) is 13.2 Å². The number of carbonyl (C=O) groups is 1. The number of carbonyl (C=O) groups excluding carboxylic acids is 1. The van der Waals surface area contributed by atoms with Gasteiger partial charge in [0.15, 0.2) is 5.78 Å². The Kier molecular flexibility index (Phi) is 4.44. The predicted octanol–water partition coefficient (Wildman–Crippen LogP) is 3.26. The zero-order chi connectivity index (χ0) is 14.8. The Balaban J connectivity index is 2.35.